The zero-order valence-corrected chi connectivity index (χ0v) is 13.1. The van der Waals surface area contributed by atoms with Gasteiger partial charge in [-0.2, -0.15) is 5.26 Å². The molecule has 2 rings (SSSR count). The molecule has 0 saturated heterocycles. The Morgan fingerprint density at radius 3 is 2.17 bits per heavy atom. The summed E-state index contributed by atoms with van der Waals surface area (Å²) < 4.78 is 34.9. The van der Waals surface area contributed by atoms with Crippen molar-refractivity contribution in [3.63, 3.8) is 0 Å². The lowest BCUT2D eigenvalue weighted by molar-refractivity contribution is 0.296. The lowest BCUT2D eigenvalue weighted by Crippen LogP contribution is -2.01. The van der Waals surface area contributed by atoms with E-state index < -0.39 is 5.82 Å². The minimum atomic E-state index is -0.616. The van der Waals surface area contributed by atoms with E-state index in [0.717, 1.165) is 5.56 Å². The summed E-state index contributed by atoms with van der Waals surface area (Å²) >= 11 is 0. The third kappa shape index (κ3) is 3.46. The van der Waals surface area contributed by atoms with Crippen LogP contribution < -0.4 is 18.9 Å². The van der Waals surface area contributed by atoms with Crippen molar-refractivity contribution in [2.24, 2.45) is 0 Å². The van der Waals surface area contributed by atoms with Crippen molar-refractivity contribution in [1.82, 2.24) is 0 Å². The van der Waals surface area contributed by atoms with Gasteiger partial charge in [-0.25, -0.2) is 4.39 Å². The molecule has 2 aromatic rings. The number of benzene rings is 2. The van der Waals surface area contributed by atoms with Gasteiger partial charge in [-0.05, 0) is 29.8 Å². The molecule has 23 heavy (non-hydrogen) atoms. The second kappa shape index (κ2) is 7.36. The maximum absolute atomic E-state index is 13.6. The van der Waals surface area contributed by atoms with Crippen LogP contribution in [0.2, 0.25) is 0 Å². The van der Waals surface area contributed by atoms with Gasteiger partial charge in [0.25, 0.3) is 0 Å². The van der Waals surface area contributed by atoms with Gasteiger partial charge in [-0.3, -0.25) is 0 Å². The molecule has 0 fully saturated rings. The van der Waals surface area contributed by atoms with Gasteiger partial charge in [0, 0.05) is 0 Å². The van der Waals surface area contributed by atoms with E-state index in [0.29, 0.717) is 17.2 Å². The summed E-state index contributed by atoms with van der Waals surface area (Å²) in [6, 6.07) is 9.49. The first-order valence-corrected chi connectivity index (χ1v) is 6.74. The first kappa shape index (κ1) is 16.4. The highest BCUT2D eigenvalue weighted by Crippen LogP contribution is 2.38. The Morgan fingerprint density at radius 2 is 1.65 bits per heavy atom. The van der Waals surface area contributed by atoms with Crippen molar-refractivity contribution >= 4 is 0 Å². The van der Waals surface area contributed by atoms with Gasteiger partial charge in [0.1, 0.15) is 29.8 Å². The number of hydrogen-bond donors (Lipinski definition) is 0. The molecule has 0 amide bonds. The van der Waals surface area contributed by atoms with Gasteiger partial charge in [-0.1, -0.05) is 6.07 Å². The van der Waals surface area contributed by atoms with E-state index in [1.54, 1.807) is 24.3 Å². The molecule has 0 atom stereocenters. The van der Waals surface area contributed by atoms with Gasteiger partial charge >= 0.3 is 0 Å². The number of hydrogen-bond acceptors (Lipinski definition) is 5. The van der Waals surface area contributed by atoms with E-state index in [1.165, 1.54) is 33.5 Å². The Morgan fingerprint density at radius 1 is 1.00 bits per heavy atom. The number of rotatable bonds is 6. The molecular weight excluding hydrogens is 301 g/mol. The lowest BCUT2D eigenvalue weighted by Gasteiger charge is -2.15. The van der Waals surface area contributed by atoms with Gasteiger partial charge in [-0.15, -0.1) is 0 Å². The third-order valence-electron chi connectivity index (χ3n) is 3.21. The quantitative estimate of drug-likeness (QED) is 0.818. The summed E-state index contributed by atoms with van der Waals surface area (Å²) in [6.45, 7) is 0.120. The van der Waals surface area contributed by atoms with Gasteiger partial charge in [0.05, 0.1) is 21.3 Å². The molecule has 0 aliphatic rings. The van der Waals surface area contributed by atoms with Crippen LogP contribution in [0.5, 0.6) is 23.0 Å². The fourth-order valence-corrected chi connectivity index (χ4v) is 2.11. The summed E-state index contributed by atoms with van der Waals surface area (Å²) in [4.78, 5) is 0. The fraction of sp³-hybridized carbons (Fsp3) is 0.235. The molecule has 0 heterocycles. The van der Waals surface area contributed by atoms with E-state index in [2.05, 4.69) is 0 Å². The highest BCUT2D eigenvalue weighted by Gasteiger charge is 2.14. The molecule has 120 valence electrons. The average molecular weight is 317 g/mol. The number of methoxy groups -OCH3 is 3. The Kier molecular flexibility index (Phi) is 5.26. The minimum Gasteiger partial charge on any atom is -0.493 e. The van der Waals surface area contributed by atoms with E-state index in [1.807, 2.05) is 0 Å². The van der Waals surface area contributed by atoms with Crippen molar-refractivity contribution in [3.8, 4) is 29.1 Å². The molecule has 0 spiro atoms. The Hall–Kier alpha value is -2.94. The van der Waals surface area contributed by atoms with E-state index >= 15 is 0 Å². The fourth-order valence-electron chi connectivity index (χ4n) is 2.11. The Balaban J connectivity index is 2.28. The highest BCUT2D eigenvalue weighted by molar-refractivity contribution is 5.54. The Bertz CT molecular complexity index is 715. The second-order valence-electron chi connectivity index (χ2n) is 4.55. The predicted octanol–water partition coefficient (Wildman–Crippen LogP) is 3.30. The van der Waals surface area contributed by atoms with Crippen LogP contribution >= 0.6 is 0 Å². The van der Waals surface area contributed by atoms with Crippen molar-refractivity contribution in [2.45, 2.75) is 6.61 Å². The van der Waals surface area contributed by atoms with Crippen LogP contribution in [0.1, 0.15) is 11.1 Å². The smallest absolute Gasteiger partial charge is 0.203 e. The molecule has 6 heteroatoms. The largest absolute Gasteiger partial charge is 0.493 e. The zero-order valence-electron chi connectivity index (χ0n) is 13.1. The number of nitriles is 1. The molecule has 5 nitrogen and oxygen atoms in total. The zero-order chi connectivity index (χ0) is 16.8. The van der Waals surface area contributed by atoms with Crippen LogP contribution in [-0.2, 0) is 6.61 Å². The molecule has 2 aromatic carbocycles. The van der Waals surface area contributed by atoms with Gasteiger partial charge in [0.2, 0.25) is 5.75 Å². The van der Waals surface area contributed by atoms with E-state index in [4.69, 9.17) is 24.2 Å². The lowest BCUT2D eigenvalue weighted by atomic mass is 10.2. The van der Waals surface area contributed by atoms with Crippen LogP contribution in [-0.4, -0.2) is 21.3 Å². The van der Waals surface area contributed by atoms with Gasteiger partial charge < -0.3 is 18.9 Å². The summed E-state index contributed by atoms with van der Waals surface area (Å²) in [5, 5.41) is 9.00. The molecule has 0 unspecified atom stereocenters. The molecule has 0 saturated carbocycles. The van der Waals surface area contributed by atoms with Crippen molar-refractivity contribution in [3.05, 3.63) is 47.3 Å². The second-order valence-corrected chi connectivity index (χ2v) is 4.55. The summed E-state index contributed by atoms with van der Waals surface area (Å²) in [5.74, 6) is 1.02. The van der Waals surface area contributed by atoms with Crippen LogP contribution in [0.15, 0.2) is 30.3 Å². The normalized spacial score (nSPS) is 9.87. The van der Waals surface area contributed by atoms with E-state index in [9.17, 15) is 4.39 Å². The first-order valence-electron chi connectivity index (χ1n) is 6.74. The number of ether oxygens (including phenoxy) is 4. The first-order chi connectivity index (χ1) is 11.1. The minimum absolute atomic E-state index is 0.120. The monoisotopic (exact) mass is 317 g/mol. The van der Waals surface area contributed by atoms with E-state index in [-0.39, 0.29) is 17.9 Å². The number of halogens is 1. The predicted molar refractivity (Wildman–Crippen MR) is 81.5 cm³/mol. The van der Waals surface area contributed by atoms with Crippen molar-refractivity contribution in [1.29, 1.82) is 5.26 Å². The van der Waals surface area contributed by atoms with Crippen molar-refractivity contribution in [2.75, 3.05) is 21.3 Å². The van der Waals surface area contributed by atoms with Crippen LogP contribution in [0, 0.1) is 17.1 Å². The molecule has 0 N–H and O–H groups in total. The SMILES string of the molecule is COc1cc(COc2cccc(F)c2C#N)cc(OC)c1OC. The number of nitrogens with zero attached hydrogens (tertiary/aromatic N) is 1. The van der Waals surface area contributed by atoms with Crippen LogP contribution in [0.4, 0.5) is 4.39 Å². The average Bonchev–Trinajstić information content (AvgIpc) is 2.58. The molecule has 0 aromatic heterocycles. The summed E-state index contributed by atoms with van der Waals surface area (Å²) in [7, 11) is 4.55. The summed E-state index contributed by atoms with van der Waals surface area (Å²) in [6.07, 6.45) is 0. The molecular formula is C17H16FNO4. The highest BCUT2D eigenvalue weighted by atomic mass is 19.1. The molecule has 0 radical (unpaired) electrons. The maximum Gasteiger partial charge on any atom is 0.203 e. The van der Waals surface area contributed by atoms with Crippen molar-refractivity contribution < 1.29 is 23.3 Å². The third-order valence-corrected chi connectivity index (χ3v) is 3.21. The molecule has 0 aliphatic heterocycles. The topological polar surface area (TPSA) is 60.7 Å². The molecule has 0 bridgehead atoms. The Labute approximate surface area is 133 Å². The standard InChI is InChI=1S/C17H16FNO4/c1-20-15-7-11(8-16(21-2)17(15)22-3)10-23-14-6-4-5-13(18)12(14)9-19/h4-8H,10H2,1-3H3. The van der Waals surface area contributed by atoms with Gasteiger partial charge in [0.15, 0.2) is 11.5 Å². The molecule has 0 aliphatic carbocycles. The maximum atomic E-state index is 13.6. The summed E-state index contributed by atoms with van der Waals surface area (Å²) in [5.41, 5.74) is 0.604. The van der Waals surface area contributed by atoms with Crippen LogP contribution in [0.3, 0.4) is 0 Å². The van der Waals surface area contributed by atoms with Crippen LogP contribution in [0.25, 0.3) is 0 Å².